The topological polar surface area (TPSA) is 46.4 Å². The lowest BCUT2D eigenvalue weighted by molar-refractivity contribution is 0.463. The summed E-state index contributed by atoms with van der Waals surface area (Å²) in [6, 6.07) is 36.0. The Bertz CT molecular complexity index is 2210. The molecule has 7 aromatic rings. The summed E-state index contributed by atoms with van der Waals surface area (Å²) in [4.78, 5) is 14.0. The lowest BCUT2D eigenvalue weighted by Crippen LogP contribution is -2.24. The van der Waals surface area contributed by atoms with Crippen LogP contribution in [0, 0.1) is 0 Å². The van der Waals surface area contributed by atoms with Crippen LogP contribution in [0.2, 0.25) is 0 Å². The summed E-state index contributed by atoms with van der Waals surface area (Å²) in [6.45, 7) is 7.43. The van der Waals surface area contributed by atoms with Gasteiger partial charge in [0, 0.05) is 53.4 Å². The first-order valence-electron chi connectivity index (χ1n) is 15.0. The third-order valence-electron chi connectivity index (χ3n) is 8.64. The van der Waals surface area contributed by atoms with Gasteiger partial charge in [0.05, 0.1) is 29.1 Å². The molecule has 6 heteroatoms. The largest absolute Gasteiger partial charge is 0.439 e. The molecule has 0 unspecified atom stereocenters. The normalized spacial score (nSPS) is 13.3. The van der Waals surface area contributed by atoms with Gasteiger partial charge in [0.25, 0.3) is 0 Å². The molecule has 1 aliphatic rings. The first-order valence-corrected chi connectivity index (χ1v) is 15.0. The van der Waals surface area contributed by atoms with E-state index in [1.165, 1.54) is 33.1 Å². The molecule has 0 spiro atoms. The van der Waals surface area contributed by atoms with E-state index in [4.69, 9.17) is 9.72 Å². The van der Waals surface area contributed by atoms with Crippen molar-refractivity contribution < 1.29 is 4.74 Å². The molecular weight excluding hydrogens is 542 g/mol. The van der Waals surface area contributed by atoms with Gasteiger partial charge in [-0.2, -0.15) is 0 Å². The molecule has 8 rings (SSSR count). The second-order valence-corrected chi connectivity index (χ2v) is 12.6. The predicted octanol–water partition coefficient (Wildman–Crippen LogP) is 9.36. The monoisotopic (exact) mass is 575 g/mol. The highest BCUT2D eigenvalue weighted by molar-refractivity contribution is 6.09. The van der Waals surface area contributed by atoms with Crippen molar-refractivity contribution in [3.63, 3.8) is 0 Å². The second kappa shape index (κ2) is 9.85. The minimum atomic E-state index is 0.0131. The number of hydrogen-bond donors (Lipinski definition) is 0. The molecule has 0 N–H and O–H groups in total. The Morgan fingerprint density at radius 3 is 2.34 bits per heavy atom. The van der Waals surface area contributed by atoms with Gasteiger partial charge in [-0.05, 0) is 58.8 Å². The van der Waals surface area contributed by atoms with Gasteiger partial charge in [-0.15, -0.1) is 0 Å². The molecule has 0 bridgehead atoms. The summed E-state index contributed by atoms with van der Waals surface area (Å²) < 4.78 is 8.69. The van der Waals surface area contributed by atoms with Crippen molar-refractivity contribution in [2.75, 3.05) is 23.5 Å². The van der Waals surface area contributed by atoms with Crippen molar-refractivity contribution in [1.29, 1.82) is 0 Å². The number of rotatable bonds is 4. The fourth-order valence-electron chi connectivity index (χ4n) is 6.45. The summed E-state index contributed by atoms with van der Waals surface area (Å²) in [5.74, 6) is 2.17. The predicted molar refractivity (Wildman–Crippen MR) is 181 cm³/mol. The quantitative estimate of drug-likeness (QED) is 0.209. The van der Waals surface area contributed by atoms with E-state index in [1.807, 2.05) is 30.6 Å². The first-order chi connectivity index (χ1) is 21.3. The van der Waals surface area contributed by atoms with Crippen LogP contribution in [-0.2, 0) is 5.41 Å². The standard InChI is InChI=1S/C38H33N5O/c1-38(2,3)26-17-19-39-35(21-26)43-32-12-8-7-11-30(32)31-15-14-28(23-34(31)43)44-36-22-27(18-20-40-36)42-24-41(4)37-29-10-6-5-9-25(29)13-16-33(37)42/h5-23H,24H2,1-4H3. The zero-order valence-corrected chi connectivity index (χ0v) is 25.3. The average Bonchev–Trinajstić information content (AvgIpc) is 3.55. The van der Waals surface area contributed by atoms with Gasteiger partial charge in [-0.1, -0.05) is 69.3 Å². The molecule has 0 fully saturated rings. The van der Waals surface area contributed by atoms with Crippen LogP contribution in [0.3, 0.4) is 0 Å². The number of benzene rings is 4. The Labute approximate surface area is 256 Å². The van der Waals surface area contributed by atoms with Gasteiger partial charge in [-0.3, -0.25) is 4.57 Å². The Kier molecular flexibility index (Phi) is 5.88. The highest BCUT2D eigenvalue weighted by atomic mass is 16.5. The molecule has 0 saturated carbocycles. The van der Waals surface area contributed by atoms with Gasteiger partial charge >= 0.3 is 0 Å². The number of ether oxygens (including phenoxy) is 1. The van der Waals surface area contributed by atoms with Crippen LogP contribution in [0.15, 0.2) is 116 Å². The van der Waals surface area contributed by atoms with E-state index in [0.29, 0.717) is 5.88 Å². The second-order valence-electron chi connectivity index (χ2n) is 12.6. The van der Waals surface area contributed by atoms with Crippen LogP contribution in [0.5, 0.6) is 11.6 Å². The van der Waals surface area contributed by atoms with Crippen LogP contribution in [-0.4, -0.2) is 28.3 Å². The Hall–Kier alpha value is -5.36. The molecule has 0 amide bonds. The van der Waals surface area contributed by atoms with E-state index in [-0.39, 0.29) is 5.41 Å². The molecule has 0 radical (unpaired) electrons. The highest BCUT2D eigenvalue weighted by Crippen LogP contribution is 2.45. The third-order valence-corrected chi connectivity index (χ3v) is 8.64. The molecule has 0 atom stereocenters. The highest BCUT2D eigenvalue weighted by Gasteiger charge is 2.27. The van der Waals surface area contributed by atoms with E-state index in [0.717, 1.165) is 40.3 Å². The van der Waals surface area contributed by atoms with Crippen molar-refractivity contribution in [2.24, 2.45) is 0 Å². The Balaban J connectivity index is 1.18. The minimum Gasteiger partial charge on any atom is -0.439 e. The molecule has 0 saturated heterocycles. The van der Waals surface area contributed by atoms with E-state index < -0.39 is 0 Å². The fourth-order valence-corrected chi connectivity index (χ4v) is 6.45. The zero-order chi connectivity index (χ0) is 30.0. The van der Waals surface area contributed by atoms with Crippen LogP contribution in [0.4, 0.5) is 17.1 Å². The fraction of sp³-hybridized carbons (Fsp3) is 0.158. The van der Waals surface area contributed by atoms with E-state index >= 15 is 0 Å². The summed E-state index contributed by atoms with van der Waals surface area (Å²) >= 11 is 0. The number of aromatic nitrogens is 3. The molecular formula is C38H33N5O. The van der Waals surface area contributed by atoms with E-state index in [2.05, 4.69) is 132 Å². The summed E-state index contributed by atoms with van der Waals surface area (Å²) in [7, 11) is 2.14. The maximum atomic E-state index is 6.45. The lowest BCUT2D eigenvalue weighted by atomic mass is 9.88. The van der Waals surface area contributed by atoms with Crippen LogP contribution in [0.1, 0.15) is 26.3 Å². The molecule has 6 nitrogen and oxygen atoms in total. The number of para-hydroxylation sites is 1. The molecule has 4 heterocycles. The Morgan fingerprint density at radius 2 is 1.48 bits per heavy atom. The maximum absolute atomic E-state index is 6.45. The third kappa shape index (κ3) is 4.25. The summed E-state index contributed by atoms with van der Waals surface area (Å²) in [5.41, 5.74) is 6.87. The average molecular weight is 576 g/mol. The zero-order valence-electron chi connectivity index (χ0n) is 25.3. The van der Waals surface area contributed by atoms with Crippen molar-refractivity contribution in [2.45, 2.75) is 26.2 Å². The first kappa shape index (κ1) is 26.3. The van der Waals surface area contributed by atoms with Gasteiger partial charge in [-0.25, -0.2) is 9.97 Å². The van der Waals surface area contributed by atoms with Crippen LogP contribution >= 0.6 is 0 Å². The molecule has 44 heavy (non-hydrogen) atoms. The van der Waals surface area contributed by atoms with Crippen molar-refractivity contribution in [3.8, 4) is 17.4 Å². The maximum Gasteiger partial charge on any atom is 0.221 e. The minimum absolute atomic E-state index is 0.0131. The summed E-state index contributed by atoms with van der Waals surface area (Å²) in [6.07, 6.45) is 3.73. The molecule has 4 aromatic carbocycles. The molecule has 216 valence electrons. The number of nitrogens with zero attached hydrogens (tertiary/aromatic N) is 5. The molecule has 0 aliphatic carbocycles. The number of anilines is 3. The van der Waals surface area contributed by atoms with E-state index in [1.54, 1.807) is 0 Å². The number of fused-ring (bicyclic) bond motifs is 6. The van der Waals surface area contributed by atoms with Crippen molar-refractivity contribution >= 4 is 49.6 Å². The van der Waals surface area contributed by atoms with E-state index in [9.17, 15) is 0 Å². The smallest absolute Gasteiger partial charge is 0.221 e. The Morgan fingerprint density at radius 1 is 0.705 bits per heavy atom. The number of pyridine rings is 2. The number of hydrogen-bond acceptors (Lipinski definition) is 5. The van der Waals surface area contributed by atoms with Gasteiger partial charge in [0.2, 0.25) is 5.88 Å². The lowest BCUT2D eigenvalue weighted by Gasteiger charge is -2.20. The van der Waals surface area contributed by atoms with Gasteiger partial charge in [0.15, 0.2) is 0 Å². The van der Waals surface area contributed by atoms with Gasteiger partial charge in [0.1, 0.15) is 11.6 Å². The van der Waals surface area contributed by atoms with Crippen LogP contribution < -0.4 is 14.5 Å². The van der Waals surface area contributed by atoms with Crippen LogP contribution in [0.25, 0.3) is 38.4 Å². The summed E-state index contributed by atoms with van der Waals surface area (Å²) in [5, 5.41) is 4.83. The molecule has 1 aliphatic heterocycles. The van der Waals surface area contributed by atoms with Gasteiger partial charge < -0.3 is 14.5 Å². The SMILES string of the molecule is CN1CN(c2ccnc(Oc3ccc4c5ccccc5n(-c5cc(C(C)(C)C)ccn5)c4c3)c2)c2ccc3ccccc3c21. The molecule has 3 aromatic heterocycles. The van der Waals surface area contributed by atoms with Crippen molar-refractivity contribution in [1.82, 2.24) is 14.5 Å². The van der Waals surface area contributed by atoms with Crippen molar-refractivity contribution in [3.05, 3.63) is 121 Å².